The van der Waals surface area contributed by atoms with E-state index < -0.39 is 35.8 Å². The highest BCUT2D eigenvalue weighted by Gasteiger charge is 2.34. The molecule has 13 nitrogen and oxygen atoms in total. The fraction of sp³-hybridized carbons (Fsp3) is 0.441. The van der Waals surface area contributed by atoms with E-state index in [1.165, 1.54) is 18.9 Å². The van der Waals surface area contributed by atoms with E-state index in [0.29, 0.717) is 41.4 Å². The molecule has 48 heavy (non-hydrogen) atoms. The van der Waals surface area contributed by atoms with Crippen molar-refractivity contribution in [3.8, 4) is 17.3 Å². The molecule has 0 aliphatic carbocycles. The largest absolute Gasteiger partial charge is 0.494 e. The lowest BCUT2D eigenvalue weighted by Gasteiger charge is -2.35. The predicted octanol–water partition coefficient (Wildman–Crippen LogP) is 4.19. The van der Waals surface area contributed by atoms with Gasteiger partial charge in [0.05, 0.1) is 42.1 Å². The van der Waals surface area contributed by atoms with Crippen LogP contribution in [0.1, 0.15) is 44.5 Å². The van der Waals surface area contributed by atoms with Crippen LogP contribution in [0.25, 0.3) is 33.5 Å². The van der Waals surface area contributed by atoms with Crippen LogP contribution in [-0.4, -0.2) is 94.1 Å². The third-order valence-electron chi connectivity index (χ3n) is 8.47. The van der Waals surface area contributed by atoms with Crippen molar-refractivity contribution in [3.05, 3.63) is 42.0 Å². The van der Waals surface area contributed by atoms with Crippen molar-refractivity contribution in [1.29, 1.82) is 0 Å². The molecule has 1 saturated heterocycles. The van der Waals surface area contributed by atoms with Crippen molar-refractivity contribution in [1.82, 2.24) is 24.3 Å². The van der Waals surface area contributed by atoms with Gasteiger partial charge in [0.15, 0.2) is 12.4 Å². The minimum Gasteiger partial charge on any atom is -0.494 e. The van der Waals surface area contributed by atoms with E-state index in [9.17, 15) is 23.6 Å². The molecule has 0 radical (unpaired) electrons. The highest BCUT2D eigenvalue weighted by Crippen LogP contribution is 2.39. The summed E-state index contributed by atoms with van der Waals surface area (Å²) in [5.41, 5.74) is 3.12. The van der Waals surface area contributed by atoms with Crippen LogP contribution in [0.5, 0.6) is 5.75 Å². The van der Waals surface area contributed by atoms with Gasteiger partial charge in [0, 0.05) is 51.0 Å². The number of esters is 1. The molecule has 0 unspecified atom stereocenters. The molecular formula is C34H39FN6O7. The zero-order valence-corrected chi connectivity index (χ0v) is 27.8. The van der Waals surface area contributed by atoms with Crippen LogP contribution < -0.4 is 15.0 Å². The third-order valence-corrected chi connectivity index (χ3v) is 8.47. The van der Waals surface area contributed by atoms with Gasteiger partial charge in [-0.1, -0.05) is 12.1 Å². The Kier molecular flexibility index (Phi) is 8.52. The lowest BCUT2D eigenvalue weighted by Crippen LogP contribution is -2.54. The Morgan fingerprint density at radius 2 is 1.83 bits per heavy atom. The van der Waals surface area contributed by atoms with Gasteiger partial charge in [-0.15, -0.1) is 0 Å². The molecule has 2 atom stereocenters. The second kappa shape index (κ2) is 12.5. The van der Waals surface area contributed by atoms with E-state index in [1.807, 2.05) is 35.9 Å². The van der Waals surface area contributed by atoms with E-state index in [-0.39, 0.29) is 37.6 Å². The number of piperidine rings is 1. The number of nitrogens with zero attached hydrogens (tertiary/aromatic N) is 5. The standard InChI is InChI=1S/C34H39FN6O7/c1-19(42)47-18-28(43)40-10-11-41-26(13-20-8-7-9-25(40)29(20)41)31-37-24-12-21(14-27(46-6)30(24)38(31)5)32(44)39-16-22(35)15-23(17-39)36-33(45)48-34(2,3)4/h7-9,12-14,22-23H,10-11,15-18H2,1-6H3,(H,36,45)/t22-,23-/m1/s1. The summed E-state index contributed by atoms with van der Waals surface area (Å²) in [7, 11) is 3.38. The number of alkyl halides is 1. The number of hydrogen-bond acceptors (Lipinski definition) is 8. The molecule has 4 heterocycles. The lowest BCUT2D eigenvalue weighted by atomic mass is 10.0. The third kappa shape index (κ3) is 6.26. The maximum absolute atomic E-state index is 14.9. The summed E-state index contributed by atoms with van der Waals surface area (Å²) in [6.45, 7) is 7.01. The average Bonchev–Trinajstić information content (AvgIpc) is 3.56. The summed E-state index contributed by atoms with van der Waals surface area (Å²) >= 11 is 0. The van der Waals surface area contributed by atoms with Crippen molar-refractivity contribution in [2.24, 2.45) is 7.05 Å². The number of aromatic nitrogens is 3. The van der Waals surface area contributed by atoms with E-state index in [1.54, 1.807) is 37.8 Å². The fourth-order valence-electron chi connectivity index (χ4n) is 6.54. The quantitative estimate of drug-likeness (QED) is 0.304. The number of likely N-dealkylation sites (tertiary alicyclic amines) is 1. The Bertz CT molecular complexity index is 1940. The second-order valence-electron chi connectivity index (χ2n) is 13.1. The van der Waals surface area contributed by atoms with Gasteiger partial charge in [-0.3, -0.25) is 14.4 Å². The Morgan fingerprint density at radius 1 is 1.06 bits per heavy atom. The number of anilines is 1. The highest BCUT2D eigenvalue weighted by molar-refractivity contribution is 6.06. The Balaban J connectivity index is 1.32. The van der Waals surface area contributed by atoms with E-state index in [0.717, 1.165) is 16.6 Å². The zero-order valence-electron chi connectivity index (χ0n) is 27.8. The van der Waals surface area contributed by atoms with Crippen molar-refractivity contribution in [2.75, 3.05) is 38.3 Å². The van der Waals surface area contributed by atoms with Crippen molar-refractivity contribution in [2.45, 2.75) is 58.5 Å². The van der Waals surface area contributed by atoms with Gasteiger partial charge < -0.3 is 38.5 Å². The van der Waals surface area contributed by atoms with Gasteiger partial charge in [0.25, 0.3) is 11.8 Å². The first-order valence-electron chi connectivity index (χ1n) is 15.8. The molecule has 0 bridgehead atoms. The maximum atomic E-state index is 14.9. The number of aryl methyl sites for hydroxylation is 1. The number of hydrogen-bond donors (Lipinski definition) is 1. The van der Waals surface area contributed by atoms with Crippen LogP contribution in [0.2, 0.25) is 0 Å². The number of fused-ring (bicyclic) bond motifs is 1. The first-order chi connectivity index (χ1) is 22.7. The predicted molar refractivity (Wildman–Crippen MR) is 176 cm³/mol. The summed E-state index contributed by atoms with van der Waals surface area (Å²) in [5, 5.41) is 3.60. The molecule has 254 valence electrons. The Labute approximate surface area is 276 Å². The molecule has 14 heteroatoms. The first kappa shape index (κ1) is 32.8. The van der Waals surface area contributed by atoms with Crippen LogP contribution in [0.4, 0.5) is 14.9 Å². The summed E-state index contributed by atoms with van der Waals surface area (Å²) in [4.78, 5) is 58.3. The summed E-state index contributed by atoms with van der Waals surface area (Å²) in [6, 6.07) is 10.4. The van der Waals surface area contributed by atoms with Gasteiger partial charge in [0.2, 0.25) is 0 Å². The summed E-state index contributed by atoms with van der Waals surface area (Å²) < 4.78 is 34.9. The second-order valence-corrected chi connectivity index (χ2v) is 13.1. The molecule has 0 spiro atoms. The van der Waals surface area contributed by atoms with E-state index in [4.69, 9.17) is 19.2 Å². The van der Waals surface area contributed by atoms with Gasteiger partial charge in [0.1, 0.15) is 23.0 Å². The number of amides is 3. The minimum atomic E-state index is -1.33. The molecule has 1 fully saturated rings. The van der Waals surface area contributed by atoms with Gasteiger partial charge in [-0.05, 0) is 45.0 Å². The number of ether oxygens (including phenoxy) is 3. The molecule has 6 rings (SSSR count). The van der Waals surface area contributed by atoms with E-state index >= 15 is 0 Å². The van der Waals surface area contributed by atoms with Crippen LogP contribution >= 0.6 is 0 Å². The number of imidazole rings is 1. The van der Waals surface area contributed by atoms with Crippen LogP contribution in [-0.2, 0) is 32.7 Å². The number of nitrogens with one attached hydrogen (secondary N) is 1. The molecule has 4 aromatic rings. The number of rotatable bonds is 6. The fourth-order valence-corrected chi connectivity index (χ4v) is 6.54. The number of halogens is 1. The Hall–Kier alpha value is -5.14. The smallest absolute Gasteiger partial charge is 0.407 e. The van der Waals surface area contributed by atoms with Gasteiger partial charge >= 0.3 is 12.1 Å². The molecule has 1 N–H and O–H groups in total. The van der Waals surface area contributed by atoms with Gasteiger partial charge in [-0.25, -0.2) is 14.2 Å². The lowest BCUT2D eigenvalue weighted by molar-refractivity contribution is -0.145. The SMILES string of the molecule is COc1cc(C(=O)N2C[C@H](F)C[C@@H](NC(=O)OC(C)(C)C)C2)cc2nc(-c3cc4cccc5c4n3CCN5C(=O)COC(C)=O)n(C)c12. The number of carbonyl (C=O) groups excluding carboxylic acids is 4. The number of alkyl carbamates (subject to hydrolysis) is 1. The summed E-state index contributed by atoms with van der Waals surface area (Å²) in [5.74, 6) is -0.193. The Morgan fingerprint density at radius 3 is 2.54 bits per heavy atom. The first-order valence-corrected chi connectivity index (χ1v) is 15.8. The topological polar surface area (TPSA) is 137 Å². The number of para-hydroxylation sites is 1. The van der Waals surface area contributed by atoms with Crippen LogP contribution in [0.3, 0.4) is 0 Å². The molecule has 3 amide bonds. The molecule has 2 aliphatic heterocycles. The van der Waals surface area contributed by atoms with E-state index in [2.05, 4.69) is 9.88 Å². The van der Waals surface area contributed by atoms with Crippen molar-refractivity contribution >= 4 is 51.5 Å². The van der Waals surface area contributed by atoms with Crippen molar-refractivity contribution in [3.63, 3.8) is 0 Å². The van der Waals surface area contributed by atoms with Crippen LogP contribution in [0.15, 0.2) is 36.4 Å². The molecule has 2 aromatic heterocycles. The monoisotopic (exact) mass is 662 g/mol. The minimum absolute atomic E-state index is 0.0722. The number of benzene rings is 2. The summed E-state index contributed by atoms with van der Waals surface area (Å²) in [6.07, 6.45) is -1.92. The normalized spacial score (nSPS) is 17.8. The number of methoxy groups -OCH3 is 1. The average molecular weight is 663 g/mol. The molecule has 2 aromatic carbocycles. The highest BCUT2D eigenvalue weighted by atomic mass is 19.1. The van der Waals surface area contributed by atoms with Crippen molar-refractivity contribution < 1.29 is 37.8 Å². The zero-order chi connectivity index (χ0) is 34.5. The molecular weight excluding hydrogens is 623 g/mol. The molecule has 0 saturated carbocycles. The molecule has 2 aliphatic rings. The van der Waals surface area contributed by atoms with Gasteiger partial charge in [-0.2, -0.15) is 0 Å². The number of carbonyl (C=O) groups is 4. The maximum Gasteiger partial charge on any atom is 0.407 e. The van der Waals surface area contributed by atoms with Crippen LogP contribution in [0, 0.1) is 0 Å².